The van der Waals surface area contributed by atoms with E-state index in [1.54, 1.807) is 6.07 Å². The highest BCUT2D eigenvalue weighted by Crippen LogP contribution is 2.40. The number of carbonyl (C=O) groups excluding carboxylic acids is 2. The first kappa shape index (κ1) is 17.0. The summed E-state index contributed by atoms with van der Waals surface area (Å²) in [4.78, 5) is 37.3. The van der Waals surface area contributed by atoms with Crippen LogP contribution in [0.25, 0.3) is 6.08 Å². The van der Waals surface area contributed by atoms with E-state index in [9.17, 15) is 14.4 Å². The summed E-state index contributed by atoms with van der Waals surface area (Å²) in [7, 11) is 0. The van der Waals surface area contributed by atoms with Crippen molar-refractivity contribution in [3.8, 4) is 0 Å². The van der Waals surface area contributed by atoms with Crippen LogP contribution in [0.5, 0.6) is 0 Å². The number of imide groups is 1. The van der Waals surface area contributed by atoms with Crippen molar-refractivity contribution >= 4 is 52.7 Å². The van der Waals surface area contributed by atoms with Gasteiger partial charge < -0.3 is 5.11 Å². The van der Waals surface area contributed by atoms with Gasteiger partial charge in [0.1, 0.15) is 5.03 Å². The minimum absolute atomic E-state index is 0.189. The second kappa shape index (κ2) is 6.57. The number of carbonyl (C=O) groups is 3. The largest absolute Gasteiger partial charge is 0.477 e. The number of fused-ring (bicyclic) bond motifs is 1. The maximum absolute atomic E-state index is 12.6. The molecule has 3 rings (SSSR count). The minimum Gasteiger partial charge on any atom is -0.477 e. The van der Waals surface area contributed by atoms with E-state index in [0.29, 0.717) is 11.3 Å². The molecule has 1 saturated carbocycles. The summed E-state index contributed by atoms with van der Waals surface area (Å²) in [5, 5.41) is 8.76. The quantitative estimate of drug-likeness (QED) is 0.652. The first-order valence-corrected chi connectivity index (χ1v) is 8.43. The third-order valence-corrected chi connectivity index (χ3v) is 5.18. The van der Waals surface area contributed by atoms with Gasteiger partial charge in [0.2, 0.25) is 11.8 Å². The number of hydrogen-bond acceptors (Lipinski definition) is 3. The number of rotatable bonds is 3. The molecule has 2 atom stereocenters. The number of benzene rings is 1. The van der Waals surface area contributed by atoms with Crippen LogP contribution in [0.1, 0.15) is 31.2 Å². The monoisotopic (exact) mass is 367 g/mol. The fraction of sp³-hybridized carbons (Fsp3) is 0.353. The SMILES string of the molecule is O=C(O)/C(Cl)=C/c1cc(N2C(=O)C3CCCCC3C2=O)ccc1Cl. The Labute approximate surface area is 148 Å². The number of halogens is 2. The lowest BCUT2D eigenvalue weighted by atomic mass is 9.81. The van der Waals surface area contributed by atoms with Crippen molar-refractivity contribution in [2.45, 2.75) is 25.7 Å². The van der Waals surface area contributed by atoms with Gasteiger partial charge in [-0.1, -0.05) is 36.0 Å². The molecule has 1 N–H and O–H groups in total. The van der Waals surface area contributed by atoms with Crippen LogP contribution in [0.4, 0.5) is 5.69 Å². The molecule has 0 radical (unpaired) electrons. The Morgan fingerprint density at radius 3 is 2.29 bits per heavy atom. The predicted molar refractivity (Wildman–Crippen MR) is 90.9 cm³/mol. The predicted octanol–water partition coefficient (Wildman–Crippen LogP) is 3.68. The zero-order valence-corrected chi connectivity index (χ0v) is 14.2. The zero-order chi connectivity index (χ0) is 17.4. The van der Waals surface area contributed by atoms with Crippen LogP contribution in [-0.2, 0) is 14.4 Å². The fourth-order valence-corrected chi connectivity index (χ4v) is 3.69. The van der Waals surface area contributed by atoms with Crippen molar-refractivity contribution in [1.29, 1.82) is 0 Å². The topological polar surface area (TPSA) is 74.7 Å². The van der Waals surface area contributed by atoms with Gasteiger partial charge in [0.15, 0.2) is 0 Å². The van der Waals surface area contributed by atoms with Crippen LogP contribution >= 0.6 is 23.2 Å². The Morgan fingerprint density at radius 2 is 1.75 bits per heavy atom. The van der Waals surface area contributed by atoms with E-state index in [1.165, 1.54) is 23.1 Å². The first-order chi connectivity index (χ1) is 11.4. The first-order valence-electron chi connectivity index (χ1n) is 7.68. The standard InChI is InChI=1S/C17H15Cl2NO4/c18-13-6-5-10(7-9(13)8-14(19)17(23)24)20-15(21)11-3-1-2-4-12(11)16(20)22/h5-8,11-12H,1-4H2,(H,23,24)/b14-8-. The Hall–Kier alpha value is -1.85. The van der Waals surface area contributed by atoms with Gasteiger partial charge in [0, 0.05) is 5.02 Å². The Balaban J connectivity index is 1.98. The summed E-state index contributed by atoms with van der Waals surface area (Å²) in [6.45, 7) is 0. The highest BCUT2D eigenvalue weighted by molar-refractivity contribution is 6.43. The second-order valence-corrected chi connectivity index (χ2v) is 6.83. The Bertz CT molecular complexity index is 735. The van der Waals surface area contributed by atoms with Crippen molar-refractivity contribution in [2.75, 3.05) is 4.90 Å². The highest BCUT2D eigenvalue weighted by Gasteiger charge is 2.48. The van der Waals surface area contributed by atoms with Crippen molar-refractivity contribution in [1.82, 2.24) is 0 Å². The molecule has 0 aromatic heterocycles. The van der Waals surface area contributed by atoms with Gasteiger partial charge in [-0.05, 0) is 42.7 Å². The van der Waals surface area contributed by atoms with Gasteiger partial charge in [0.05, 0.1) is 17.5 Å². The smallest absolute Gasteiger partial charge is 0.347 e. The molecule has 5 nitrogen and oxygen atoms in total. The van der Waals surface area contributed by atoms with Crippen LogP contribution in [0.15, 0.2) is 23.2 Å². The maximum atomic E-state index is 12.6. The molecule has 0 bridgehead atoms. The Morgan fingerprint density at radius 1 is 1.17 bits per heavy atom. The lowest BCUT2D eigenvalue weighted by molar-refractivity contribution is -0.132. The van der Waals surface area contributed by atoms with Crippen LogP contribution < -0.4 is 4.90 Å². The van der Waals surface area contributed by atoms with Crippen LogP contribution in [0, 0.1) is 11.8 Å². The van der Waals surface area contributed by atoms with E-state index >= 15 is 0 Å². The van der Waals surface area contributed by atoms with E-state index < -0.39 is 11.0 Å². The molecule has 2 fully saturated rings. The van der Waals surface area contributed by atoms with Gasteiger partial charge in [0.25, 0.3) is 0 Å². The Kier molecular flexibility index (Phi) is 4.65. The molecule has 1 aromatic carbocycles. The van der Waals surface area contributed by atoms with Gasteiger partial charge in [-0.25, -0.2) is 4.79 Å². The minimum atomic E-state index is -1.28. The van der Waals surface area contributed by atoms with Crippen molar-refractivity contribution in [2.24, 2.45) is 11.8 Å². The lowest BCUT2D eigenvalue weighted by Crippen LogP contribution is -2.30. The number of carboxylic acid groups (broad SMARTS) is 1. The maximum Gasteiger partial charge on any atom is 0.347 e. The molecule has 24 heavy (non-hydrogen) atoms. The van der Waals surface area contributed by atoms with Gasteiger partial charge in [-0.3, -0.25) is 14.5 Å². The molecule has 7 heteroatoms. The normalized spacial score (nSPS) is 24.2. The number of amides is 2. The molecule has 2 unspecified atom stereocenters. The number of carboxylic acids is 1. The number of hydrogen-bond donors (Lipinski definition) is 1. The van der Waals surface area contributed by atoms with Gasteiger partial charge in [-0.2, -0.15) is 0 Å². The average molecular weight is 368 g/mol. The third kappa shape index (κ3) is 2.94. The van der Waals surface area contributed by atoms with E-state index in [2.05, 4.69) is 0 Å². The molecule has 126 valence electrons. The molecule has 1 saturated heterocycles. The number of anilines is 1. The summed E-state index contributed by atoms with van der Waals surface area (Å²) in [5.74, 6) is -2.15. The molecular formula is C17H15Cl2NO4. The van der Waals surface area contributed by atoms with E-state index in [4.69, 9.17) is 28.3 Å². The van der Waals surface area contributed by atoms with E-state index in [1.807, 2.05) is 0 Å². The second-order valence-electron chi connectivity index (χ2n) is 6.01. The average Bonchev–Trinajstić information content (AvgIpc) is 2.81. The third-order valence-electron chi connectivity index (χ3n) is 4.57. The molecule has 1 heterocycles. The molecule has 2 aliphatic rings. The fourth-order valence-electron chi connectivity index (χ4n) is 3.40. The van der Waals surface area contributed by atoms with Crippen molar-refractivity contribution in [3.05, 3.63) is 33.8 Å². The molecule has 0 spiro atoms. The molecule has 2 amide bonds. The molecule has 1 aliphatic carbocycles. The zero-order valence-electron chi connectivity index (χ0n) is 12.7. The van der Waals surface area contributed by atoms with Crippen LogP contribution in [-0.4, -0.2) is 22.9 Å². The van der Waals surface area contributed by atoms with Crippen LogP contribution in [0.2, 0.25) is 5.02 Å². The number of nitrogens with zero attached hydrogens (tertiary/aromatic N) is 1. The van der Waals surface area contributed by atoms with Crippen molar-refractivity contribution < 1.29 is 19.5 Å². The molecular weight excluding hydrogens is 353 g/mol. The van der Waals surface area contributed by atoms with E-state index in [-0.39, 0.29) is 28.7 Å². The summed E-state index contributed by atoms with van der Waals surface area (Å²) < 4.78 is 0. The van der Waals surface area contributed by atoms with E-state index in [0.717, 1.165) is 25.7 Å². The summed E-state index contributed by atoms with van der Waals surface area (Å²) in [6.07, 6.45) is 4.58. The van der Waals surface area contributed by atoms with Gasteiger partial charge in [-0.15, -0.1) is 0 Å². The summed E-state index contributed by atoms with van der Waals surface area (Å²) in [6, 6.07) is 4.62. The summed E-state index contributed by atoms with van der Waals surface area (Å²) in [5.41, 5.74) is 0.738. The van der Waals surface area contributed by atoms with Gasteiger partial charge >= 0.3 is 5.97 Å². The van der Waals surface area contributed by atoms with Crippen molar-refractivity contribution in [3.63, 3.8) is 0 Å². The molecule has 1 aliphatic heterocycles. The highest BCUT2D eigenvalue weighted by atomic mass is 35.5. The molecule has 1 aromatic rings. The lowest BCUT2D eigenvalue weighted by Gasteiger charge is -2.19. The number of aliphatic carboxylic acids is 1. The summed E-state index contributed by atoms with van der Waals surface area (Å²) >= 11 is 11.7. The van der Waals surface area contributed by atoms with Crippen LogP contribution in [0.3, 0.4) is 0 Å².